The van der Waals surface area contributed by atoms with E-state index in [-0.39, 0.29) is 17.4 Å². The number of rotatable bonds is 5. The highest BCUT2D eigenvalue weighted by Gasteiger charge is 2.39. The lowest BCUT2D eigenvalue weighted by Crippen LogP contribution is -2.60. The Morgan fingerprint density at radius 2 is 1.78 bits per heavy atom. The number of pyridine rings is 1. The minimum atomic E-state index is -4.38. The highest BCUT2D eigenvalue weighted by Crippen LogP contribution is 2.34. The number of amides is 1. The van der Waals surface area contributed by atoms with Crippen LogP contribution in [0.5, 0.6) is 0 Å². The van der Waals surface area contributed by atoms with Gasteiger partial charge in [0.15, 0.2) is 0 Å². The van der Waals surface area contributed by atoms with E-state index in [1.807, 2.05) is 4.90 Å². The number of hydrogen-bond donors (Lipinski definition) is 1. The number of nitrogens with zero attached hydrogens (tertiary/aromatic N) is 3. The summed E-state index contributed by atoms with van der Waals surface area (Å²) < 4.78 is 43.8. The van der Waals surface area contributed by atoms with Crippen molar-refractivity contribution in [2.24, 2.45) is 5.92 Å². The number of hydrogen-bond acceptors (Lipinski definition) is 5. The lowest BCUT2D eigenvalue weighted by molar-refractivity contribution is -0.137. The van der Waals surface area contributed by atoms with Crippen molar-refractivity contribution in [2.75, 3.05) is 50.8 Å². The van der Waals surface area contributed by atoms with E-state index in [9.17, 15) is 18.0 Å². The first kappa shape index (κ1) is 23.3. The second-order valence-corrected chi connectivity index (χ2v) is 9.27. The summed E-state index contributed by atoms with van der Waals surface area (Å²) in [4.78, 5) is 21.4. The van der Waals surface area contributed by atoms with E-state index in [2.05, 4.69) is 15.2 Å². The number of nitrogens with one attached hydrogen (secondary N) is 1. The van der Waals surface area contributed by atoms with E-state index in [0.717, 1.165) is 51.4 Å². The zero-order valence-electron chi connectivity index (χ0n) is 18.5. The van der Waals surface area contributed by atoms with Crippen molar-refractivity contribution in [2.45, 2.75) is 56.7 Å². The molecule has 178 valence electrons. The van der Waals surface area contributed by atoms with Crippen molar-refractivity contribution in [3.63, 3.8) is 0 Å². The molecule has 1 aromatic heterocycles. The molecular weight excluding hydrogens is 421 g/mol. The first-order chi connectivity index (χ1) is 15.4. The maximum Gasteiger partial charge on any atom is 0.417 e. The molecule has 2 aliphatic heterocycles. The third-order valence-corrected chi connectivity index (χ3v) is 7.32. The molecule has 6 nitrogen and oxygen atoms in total. The fraction of sp³-hybridized carbons (Fsp3) is 0.739. The molecule has 9 heteroatoms. The molecule has 2 saturated heterocycles. The standard InChI is InChI=1S/C23H33F3N4O2/c24-23(25,26)19-4-5-20(27-16-19)29-10-6-18(7-11-29)21(31)28-17-22(8-2-1-3-9-22)30-12-14-32-15-13-30/h4-5,16,18H,1-3,6-15,17H2,(H,28,31). The summed E-state index contributed by atoms with van der Waals surface area (Å²) in [6.45, 7) is 5.28. The molecular formula is C23H33F3N4O2. The smallest absolute Gasteiger partial charge is 0.379 e. The minimum Gasteiger partial charge on any atom is -0.379 e. The van der Waals surface area contributed by atoms with Gasteiger partial charge in [-0.05, 0) is 37.8 Å². The van der Waals surface area contributed by atoms with Crippen LogP contribution < -0.4 is 10.2 Å². The number of alkyl halides is 3. The third kappa shape index (κ3) is 5.36. The Labute approximate surface area is 187 Å². The number of morpholine rings is 1. The van der Waals surface area contributed by atoms with Gasteiger partial charge in [-0.2, -0.15) is 13.2 Å². The molecule has 32 heavy (non-hydrogen) atoms. The molecule has 1 aromatic rings. The van der Waals surface area contributed by atoms with Gasteiger partial charge in [-0.25, -0.2) is 4.98 Å². The zero-order valence-corrected chi connectivity index (χ0v) is 18.5. The SMILES string of the molecule is O=C(NCC1(N2CCOCC2)CCCCC1)C1CCN(c2ccc(C(F)(F)F)cn2)CC1. The quantitative estimate of drug-likeness (QED) is 0.739. The third-order valence-electron chi connectivity index (χ3n) is 7.32. The first-order valence-corrected chi connectivity index (χ1v) is 11.8. The topological polar surface area (TPSA) is 57.7 Å². The van der Waals surface area contributed by atoms with Gasteiger partial charge in [0.25, 0.3) is 0 Å². The molecule has 0 unspecified atom stereocenters. The monoisotopic (exact) mass is 454 g/mol. The minimum absolute atomic E-state index is 0.0442. The van der Waals surface area contributed by atoms with Crippen LogP contribution in [0.3, 0.4) is 0 Å². The van der Waals surface area contributed by atoms with Crippen LogP contribution in [0, 0.1) is 5.92 Å². The molecule has 3 heterocycles. The number of carbonyl (C=O) groups is 1. The van der Waals surface area contributed by atoms with Gasteiger partial charge < -0.3 is 15.0 Å². The number of aromatic nitrogens is 1. The Balaban J connectivity index is 1.29. The lowest BCUT2D eigenvalue weighted by Gasteiger charge is -2.48. The number of carbonyl (C=O) groups excluding carboxylic acids is 1. The average molecular weight is 455 g/mol. The molecule has 0 bridgehead atoms. The maximum atomic E-state index is 13.0. The van der Waals surface area contributed by atoms with Crippen molar-refractivity contribution in [1.29, 1.82) is 0 Å². The van der Waals surface area contributed by atoms with Gasteiger partial charge in [0.2, 0.25) is 5.91 Å². The summed E-state index contributed by atoms with van der Waals surface area (Å²) >= 11 is 0. The largest absolute Gasteiger partial charge is 0.417 e. The van der Waals surface area contributed by atoms with Crippen LogP contribution in [-0.2, 0) is 15.7 Å². The maximum absolute atomic E-state index is 13.0. The van der Waals surface area contributed by atoms with E-state index < -0.39 is 11.7 Å². The summed E-state index contributed by atoms with van der Waals surface area (Å²) in [7, 11) is 0. The molecule has 4 rings (SSSR count). The molecule has 0 atom stereocenters. The van der Waals surface area contributed by atoms with E-state index in [0.29, 0.717) is 38.3 Å². The van der Waals surface area contributed by atoms with Gasteiger partial charge in [0.05, 0.1) is 18.8 Å². The molecule has 1 amide bonds. The highest BCUT2D eigenvalue weighted by atomic mass is 19.4. The molecule has 0 radical (unpaired) electrons. The fourth-order valence-electron chi connectivity index (χ4n) is 5.36. The van der Waals surface area contributed by atoms with E-state index in [4.69, 9.17) is 4.74 Å². The number of anilines is 1. The van der Waals surface area contributed by atoms with Gasteiger partial charge >= 0.3 is 6.18 Å². The van der Waals surface area contributed by atoms with Gasteiger partial charge in [-0.3, -0.25) is 9.69 Å². The summed E-state index contributed by atoms with van der Waals surface area (Å²) in [6.07, 6.45) is 3.75. The molecule has 3 aliphatic rings. The normalized spacial score (nSPS) is 23.2. The molecule has 1 N–H and O–H groups in total. The second-order valence-electron chi connectivity index (χ2n) is 9.27. The van der Waals surface area contributed by atoms with E-state index in [1.54, 1.807) is 0 Å². The fourth-order valence-corrected chi connectivity index (χ4v) is 5.36. The lowest BCUT2D eigenvalue weighted by atomic mass is 9.79. The van der Waals surface area contributed by atoms with Crippen LogP contribution in [0.2, 0.25) is 0 Å². The Hall–Kier alpha value is -1.87. The number of halogens is 3. The van der Waals surface area contributed by atoms with Crippen molar-refractivity contribution < 1.29 is 22.7 Å². The second kappa shape index (κ2) is 9.95. The van der Waals surface area contributed by atoms with Crippen molar-refractivity contribution in [3.8, 4) is 0 Å². The summed E-state index contributed by atoms with van der Waals surface area (Å²) in [6, 6.07) is 2.48. The van der Waals surface area contributed by atoms with Gasteiger partial charge in [-0.1, -0.05) is 19.3 Å². The van der Waals surface area contributed by atoms with Crippen LogP contribution in [0.25, 0.3) is 0 Å². The predicted octanol–water partition coefficient (Wildman–Crippen LogP) is 3.47. The molecule has 1 aliphatic carbocycles. The number of piperidine rings is 1. The highest BCUT2D eigenvalue weighted by molar-refractivity contribution is 5.79. The molecule has 1 saturated carbocycles. The first-order valence-electron chi connectivity index (χ1n) is 11.8. The Morgan fingerprint density at radius 3 is 2.38 bits per heavy atom. The number of ether oxygens (including phenoxy) is 1. The van der Waals surface area contributed by atoms with Crippen molar-refractivity contribution in [3.05, 3.63) is 23.9 Å². The van der Waals surface area contributed by atoms with Crippen LogP contribution in [0.15, 0.2) is 18.3 Å². The Kier molecular flexibility index (Phi) is 7.24. The summed E-state index contributed by atoms with van der Waals surface area (Å²) in [5, 5.41) is 3.26. The van der Waals surface area contributed by atoms with Crippen LogP contribution in [0.4, 0.5) is 19.0 Å². The van der Waals surface area contributed by atoms with Crippen molar-refractivity contribution in [1.82, 2.24) is 15.2 Å². The van der Waals surface area contributed by atoms with Crippen LogP contribution in [0.1, 0.15) is 50.5 Å². The Morgan fingerprint density at radius 1 is 1.09 bits per heavy atom. The van der Waals surface area contributed by atoms with Crippen LogP contribution in [-0.4, -0.2) is 67.3 Å². The van der Waals surface area contributed by atoms with Crippen LogP contribution >= 0.6 is 0 Å². The molecule has 3 fully saturated rings. The predicted molar refractivity (Wildman–Crippen MR) is 115 cm³/mol. The van der Waals surface area contributed by atoms with Gasteiger partial charge in [0, 0.05) is 50.4 Å². The zero-order chi connectivity index (χ0) is 22.6. The molecule has 0 aromatic carbocycles. The van der Waals surface area contributed by atoms with Gasteiger partial charge in [0.1, 0.15) is 5.82 Å². The van der Waals surface area contributed by atoms with Gasteiger partial charge in [-0.15, -0.1) is 0 Å². The van der Waals surface area contributed by atoms with Crippen molar-refractivity contribution >= 4 is 11.7 Å². The Bertz CT molecular complexity index is 752. The summed E-state index contributed by atoms with van der Waals surface area (Å²) in [5.74, 6) is 0.569. The van der Waals surface area contributed by atoms with E-state index >= 15 is 0 Å². The molecule has 0 spiro atoms. The van der Waals surface area contributed by atoms with E-state index in [1.165, 1.54) is 25.3 Å². The summed E-state index contributed by atoms with van der Waals surface area (Å²) in [5.41, 5.74) is -0.699. The average Bonchev–Trinajstić information content (AvgIpc) is 2.83.